The second-order valence-corrected chi connectivity index (χ2v) is 6.07. The van der Waals surface area contributed by atoms with Gasteiger partial charge in [0.1, 0.15) is 24.0 Å². The van der Waals surface area contributed by atoms with Crippen molar-refractivity contribution in [1.82, 2.24) is 0 Å². The van der Waals surface area contributed by atoms with Gasteiger partial charge in [0, 0.05) is 17.2 Å². The first-order valence-corrected chi connectivity index (χ1v) is 8.65. The fraction of sp³-hybridized carbons (Fsp3) is 0.0909. The van der Waals surface area contributed by atoms with Crippen molar-refractivity contribution < 1.29 is 9.84 Å². The number of ether oxygens (including phenoxy) is 1. The van der Waals surface area contributed by atoms with E-state index in [9.17, 15) is 5.11 Å². The minimum absolute atomic E-state index is 0.122. The van der Waals surface area contributed by atoms with Crippen LogP contribution in [0.5, 0.6) is 11.5 Å². The Morgan fingerprint density at radius 3 is 2.19 bits per heavy atom. The highest BCUT2D eigenvalue weighted by molar-refractivity contribution is 6.19. The van der Waals surface area contributed by atoms with E-state index >= 15 is 0 Å². The molecule has 0 fully saturated rings. The van der Waals surface area contributed by atoms with Gasteiger partial charge in [-0.15, -0.1) is 0 Å². The lowest BCUT2D eigenvalue weighted by Gasteiger charge is -2.29. The van der Waals surface area contributed by atoms with Crippen molar-refractivity contribution in [3.63, 3.8) is 0 Å². The predicted octanol–water partition coefficient (Wildman–Crippen LogP) is 4.07. The van der Waals surface area contributed by atoms with Gasteiger partial charge in [0.25, 0.3) is 0 Å². The number of phenols is 1. The summed E-state index contributed by atoms with van der Waals surface area (Å²) in [5.74, 6) is 2.14. The number of rotatable bonds is 4. The maximum Gasteiger partial charge on any atom is 0.158 e. The van der Waals surface area contributed by atoms with Crippen LogP contribution in [0.2, 0.25) is 0 Å². The molecule has 0 atom stereocenters. The first-order valence-electron chi connectivity index (χ1n) is 8.65. The fourth-order valence-corrected chi connectivity index (χ4v) is 3.00. The van der Waals surface area contributed by atoms with Gasteiger partial charge in [-0.1, -0.05) is 60.7 Å². The molecule has 1 heterocycles. The van der Waals surface area contributed by atoms with Crippen LogP contribution in [-0.4, -0.2) is 30.6 Å². The number of aromatic hydroxyl groups is 1. The molecule has 0 aromatic heterocycles. The Morgan fingerprint density at radius 2 is 1.56 bits per heavy atom. The molecule has 1 aliphatic rings. The van der Waals surface area contributed by atoms with Crippen molar-refractivity contribution in [2.45, 2.75) is 0 Å². The SMILES string of the molecule is COc1ccc(N2CN=C(c3ccccc3)N=C2c2ccccc2)c(O)c1. The van der Waals surface area contributed by atoms with Gasteiger partial charge in [-0.3, -0.25) is 0 Å². The molecule has 27 heavy (non-hydrogen) atoms. The van der Waals surface area contributed by atoms with E-state index in [0.29, 0.717) is 23.9 Å². The summed E-state index contributed by atoms with van der Waals surface area (Å²) in [5.41, 5.74) is 2.55. The van der Waals surface area contributed by atoms with Crippen LogP contribution in [-0.2, 0) is 0 Å². The van der Waals surface area contributed by atoms with Crippen LogP contribution in [0.15, 0.2) is 88.8 Å². The zero-order valence-electron chi connectivity index (χ0n) is 14.9. The number of amidine groups is 2. The Kier molecular flexibility index (Phi) is 4.58. The van der Waals surface area contributed by atoms with Crippen LogP contribution < -0.4 is 9.64 Å². The molecular weight excluding hydrogens is 338 g/mol. The maximum atomic E-state index is 10.5. The Balaban J connectivity index is 1.79. The molecule has 0 spiro atoms. The average Bonchev–Trinajstić information content (AvgIpc) is 2.74. The molecule has 0 saturated heterocycles. The fourth-order valence-electron chi connectivity index (χ4n) is 3.00. The molecule has 0 amide bonds. The molecule has 0 aliphatic carbocycles. The maximum absolute atomic E-state index is 10.5. The van der Waals surface area contributed by atoms with E-state index in [1.54, 1.807) is 13.2 Å². The molecule has 3 aromatic carbocycles. The van der Waals surface area contributed by atoms with Gasteiger partial charge in [0.05, 0.1) is 12.8 Å². The lowest BCUT2D eigenvalue weighted by Crippen LogP contribution is -2.36. The summed E-state index contributed by atoms with van der Waals surface area (Å²) >= 11 is 0. The van der Waals surface area contributed by atoms with Crippen LogP contribution >= 0.6 is 0 Å². The van der Waals surface area contributed by atoms with Crippen molar-refractivity contribution in [3.05, 3.63) is 90.0 Å². The van der Waals surface area contributed by atoms with Crippen molar-refractivity contribution >= 4 is 17.4 Å². The summed E-state index contributed by atoms with van der Waals surface area (Å²) < 4.78 is 5.19. The number of phenolic OH excluding ortho intramolecular Hbond substituents is 1. The second kappa shape index (κ2) is 7.33. The number of benzene rings is 3. The second-order valence-electron chi connectivity index (χ2n) is 6.07. The van der Waals surface area contributed by atoms with Crippen molar-refractivity contribution in [2.24, 2.45) is 9.98 Å². The van der Waals surface area contributed by atoms with Crippen LogP contribution in [0.25, 0.3) is 0 Å². The molecule has 3 aromatic rings. The molecule has 0 unspecified atom stereocenters. The Labute approximate surface area is 157 Å². The number of hydrogen-bond acceptors (Lipinski definition) is 5. The van der Waals surface area contributed by atoms with E-state index in [1.165, 1.54) is 0 Å². The van der Waals surface area contributed by atoms with E-state index in [2.05, 4.69) is 4.99 Å². The summed E-state index contributed by atoms with van der Waals surface area (Å²) in [6, 6.07) is 25.0. The Bertz CT molecular complexity index is 999. The van der Waals surface area contributed by atoms with E-state index < -0.39 is 0 Å². The van der Waals surface area contributed by atoms with Crippen LogP contribution in [0.3, 0.4) is 0 Å². The van der Waals surface area contributed by atoms with Gasteiger partial charge < -0.3 is 14.7 Å². The topological polar surface area (TPSA) is 57.4 Å². The van der Waals surface area contributed by atoms with Gasteiger partial charge in [0.2, 0.25) is 0 Å². The quantitative estimate of drug-likeness (QED) is 0.766. The molecule has 4 rings (SSSR count). The number of methoxy groups -OCH3 is 1. The van der Waals surface area contributed by atoms with Crippen LogP contribution in [0, 0.1) is 0 Å². The monoisotopic (exact) mass is 357 g/mol. The minimum Gasteiger partial charge on any atom is -0.506 e. The lowest BCUT2D eigenvalue weighted by atomic mass is 10.1. The van der Waals surface area contributed by atoms with Crippen LogP contribution in [0.4, 0.5) is 5.69 Å². The van der Waals surface area contributed by atoms with Crippen molar-refractivity contribution in [1.29, 1.82) is 0 Å². The molecule has 1 N–H and O–H groups in total. The average molecular weight is 357 g/mol. The highest BCUT2D eigenvalue weighted by atomic mass is 16.5. The van der Waals surface area contributed by atoms with E-state index in [1.807, 2.05) is 77.7 Å². The Hall–Kier alpha value is -3.60. The van der Waals surface area contributed by atoms with E-state index in [4.69, 9.17) is 9.73 Å². The van der Waals surface area contributed by atoms with Gasteiger partial charge in [0.15, 0.2) is 5.84 Å². The normalized spacial score (nSPS) is 13.7. The zero-order chi connectivity index (χ0) is 18.6. The summed E-state index contributed by atoms with van der Waals surface area (Å²) in [6.07, 6.45) is 0. The van der Waals surface area contributed by atoms with E-state index in [-0.39, 0.29) is 5.75 Å². The standard InChI is InChI=1S/C22H19N3O2/c1-27-18-12-13-19(20(26)14-18)25-15-23-21(16-8-4-2-5-9-16)24-22(25)17-10-6-3-7-11-17/h2-14,26H,15H2,1H3. The zero-order valence-corrected chi connectivity index (χ0v) is 14.9. The smallest absolute Gasteiger partial charge is 0.158 e. The van der Waals surface area contributed by atoms with Gasteiger partial charge in [-0.25, -0.2) is 9.98 Å². The van der Waals surface area contributed by atoms with Crippen molar-refractivity contribution in [3.8, 4) is 11.5 Å². The molecule has 0 saturated carbocycles. The molecular formula is C22H19N3O2. The molecule has 0 bridgehead atoms. The Morgan fingerprint density at radius 1 is 0.889 bits per heavy atom. The van der Waals surface area contributed by atoms with Gasteiger partial charge in [-0.05, 0) is 12.1 Å². The summed E-state index contributed by atoms with van der Waals surface area (Å²) in [4.78, 5) is 11.3. The largest absolute Gasteiger partial charge is 0.506 e. The molecule has 134 valence electrons. The minimum atomic E-state index is 0.122. The molecule has 5 nitrogen and oxygen atoms in total. The highest BCUT2D eigenvalue weighted by Gasteiger charge is 2.23. The number of aliphatic imine (C=N–C) groups is 2. The summed E-state index contributed by atoms with van der Waals surface area (Å²) in [5, 5.41) is 10.5. The number of nitrogens with zero attached hydrogens (tertiary/aromatic N) is 3. The first-order chi connectivity index (χ1) is 13.3. The highest BCUT2D eigenvalue weighted by Crippen LogP contribution is 2.33. The number of hydrogen-bond donors (Lipinski definition) is 1. The third-order valence-corrected chi connectivity index (χ3v) is 4.37. The van der Waals surface area contributed by atoms with Crippen molar-refractivity contribution in [2.75, 3.05) is 18.7 Å². The van der Waals surface area contributed by atoms with Gasteiger partial charge >= 0.3 is 0 Å². The molecule has 0 radical (unpaired) electrons. The molecule has 5 heteroatoms. The third kappa shape index (κ3) is 3.40. The van der Waals surface area contributed by atoms with Gasteiger partial charge in [-0.2, -0.15) is 0 Å². The number of anilines is 1. The predicted molar refractivity (Wildman–Crippen MR) is 108 cm³/mol. The summed E-state index contributed by atoms with van der Waals surface area (Å²) in [7, 11) is 1.57. The van der Waals surface area contributed by atoms with E-state index in [0.717, 1.165) is 17.0 Å². The first kappa shape index (κ1) is 16.8. The summed E-state index contributed by atoms with van der Waals surface area (Å²) in [6.45, 7) is 0.359. The molecule has 1 aliphatic heterocycles. The lowest BCUT2D eigenvalue weighted by molar-refractivity contribution is 0.408. The third-order valence-electron chi connectivity index (χ3n) is 4.37. The van der Waals surface area contributed by atoms with Crippen LogP contribution in [0.1, 0.15) is 11.1 Å².